The van der Waals surface area contributed by atoms with Crippen molar-refractivity contribution in [2.45, 2.75) is 24.7 Å². The van der Waals surface area contributed by atoms with Gasteiger partial charge in [-0.25, -0.2) is 23.5 Å². The van der Waals surface area contributed by atoms with Crippen molar-refractivity contribution in [2.75, 3.05) is 6.54 Å². The minimum absolute atomic E-state index is 0.0137. The first-order chi connectivity index (χ1) is 16.5. The normalized spacial score (nSPS) is 19.1. The van der Waals surface area contributed by atoms with E-state index in [9.17, 15) is 13.9 Å². The third-order valence-electron chi connectivity index (χ3n) is 5.95. The predicted octanol–water partition coefficient (Wildman–Crippen LogP) is 2.76. The van der Waals surface area contributed by atoms with Gasteiger partial charge >= 0.3 is 0 Å². The van der Waals surface area contributed by atoms with E-state index in [1.165, 1.54) is 29.0 Å². The van der Waals surface area contributed by atoms with Crippen molar-refractivity contribution in [3.63, 3.8) is 0 Å². The number of hydrogen-bond acceptors (Lipinski definition) is 6. The maximum absolute atomic E-state index is 14.7. The summed E-state index contributed by atoms with van der Waals surface area (Å²) in [5.74, 6) is -1.52. The highest BCUT2D eigenvalue weighted by atomic mass is 19.1. The topological polar surface area (TPSA) is 78.2 Å². The summed E-state index contributed by atoms with van der Waals surface area (Å²) in [6, 6.07) is 13.1. The molecule has 0 saturated carbocycles. The lowest BCUT2D eigenvalue weighted by atomic mass is 9.91. The lowest BCUT2D eigenvalue weighted by molar-refractivity contribution is -0.0310. The van der Waals surface area contributed by atoms with Gasteiger partial charge in [0.05, 0.1) is 19.1 Å². The summed E-state index contributed by atoms with van der Waals surface area (Å²) in [6.45, 7) is 0.665. The van der Waals surface area contributed by atoms with Crippen LogP contribution in [0, 0.1) is 11.6 Å². The number of benzene rings is 2. The van der Waals surface area contributed by atoms with Gasteiger partial charge in [-0.3, -0.25) is 0 Å². The minimum atomic E-state index is -1.70. The Morgan fingerprint density at radius 3 is 2.74 bits per heavy atom. The number of aliphatic hydroxyl groups is 1. The van der Waals surface area contributed by atoms with E-state index in [-0.39, 0.29) is 24.7 Å². The Bertz CT molecular complexity index is 1240. The van der Waals surface area contributed by atoms with Crippen LogP contribution in [0.2, 0.25) is 0 Å². The van der Waals surface area contributed by atoms with Crippen LogP contribution < -0.4 is 10.7 Å². The number of nitrogens with zero attached hydrogens (tertiary/aromatic N) is 4. The molecule has 9 heteroatoms. The number of halogens is 2. The molecule has 2 aromatic carbocycles. The molecule has 0 radical (unpaired) electrons. The standard InChI is InChI=1S/C25H24F2N6O/c26-20-6-8-22(23(27)11-20)25(34,14-32-17-28-16-31-32)15-33-24-9-7-21(10-19(24)13-30-33)29-12-18-4-2-1-3-5-18/h1-11,13,16-17,24,29-30,34H,12,14-15H2. The lowest BCUT2D eigenvalue weighted by Gasteiger charge is -2.35. The second kappa shape index (κ2) is 9.20. The average Bonchev–Trinajstić information content (AvgIpc) is 3.48. The van der Waals surface area contributed by atoms with E-state index in [1.807, 2.05) is 47.6 Å². The van der Waals surface area contributed by atoms with Gasteiger partial charge < -0.3 is 15.8 Å². The Morgan fingerprint density at radius 2 is 1.97 bits per heavy atom. The lowest BCUT2D eigenvalue weighted by Crippen LogP contribution is -2.50. The molecule has 174 valence electrons. The number of fused-ring (bicyclic) bond motifs is 1. The number of β-amino-alcohol motifs (C(OH)–C–C–N with tert-alkyl or cyclic N) is 1. The fraction of sp³-hybridized carbons (Fsp3) is 0.200. The van der Waals surface area contributed by atoms with Crippen LogP contribution in [-0.4, -0.2) is 37.5 Å². The van der Waals surface area contributed by atoms with E-state index >= 15 is 0 Å². The summed E-state index contributed by atoms with van der Waals surface area (Å²) in [4.78, 5) is 3.90. The molecule has 1 aliphatic heterocycles. The third kappa shape index (κ3) is 4.61. The molecule has 1 aromatic heterocycles. The fourth-order valence-corrected chi connectivity index (χ4v) is 4.27. The molecule has 2 unspecified atom stereocenters. The monoisotopic (exact) mass is 462 g/mol. The Kier molecular flexibility index (Phi) is 5.95. The molecule has 34 heavy (non-hydrogen) atoms. The van der Waals surface area contributed by atoms with Crippen LogP contribution in [-0.2, 0) is 18.7 Å². The quantitative estimate of drug-likeness (QED) is 0.478. The van der Waals surface area contributed by atoms with E-state index in [1.54, 1.807) is 0 Å². The van der Waals surface area contributed by atoms with Crippen molar-refractivity contribution >= 4 is 0 Å². The number of hydrazine groups is 1. The zero-order valence-electron chi connectivity index (χ0n) is 18.3. The summed E-state index contributed by atoms with van der Waals surface area (Å²) in [6.07, 6.45) is 10.7. The van der Waals surface area contributed by atoms with Gasteiger partial charge in [0.25, 0.3) is 0 Å². The van der Waals surface area contributed by atoms with E-state index in [2.05, 4.69) is 33.0 Å². The van der Waals surface area contributed by atoms with Crippen LogP contribution >= 0.6 is 0 Å². The molecular formula is C25H24F2N6O. The van der Waals surface area contributed by atoms with Gasteiger partial charge in [-0.15, -0.1) is 0 Å². The maximum atomic E-state index is 14.7. The van der Waals surface area contributed by atoms with Crippen LogP contribution in [0.3, 0.4) is 0 Å². The van der Waals surface area contributed by atoms with Gasteiger partial charge in [0.2, 0.25) is 0 Å². The number of hydrogen-bond donors (Lipinski definition) is 3. The maximum Gasteiger partial charge on any atom is 0.137 e. The average molecular weight is 463 g/mol. The molecule has 2 atom stereocenters. The first-order valence-corrected chi connectivity index (χ1v) is 10.9. The molecule has 0 spiro atoms. The van der Waals surface area contributed by atoms with Gasteiger partial charge in [-0.05, 0) is 29.4 Å². The van der Waals surface area contributed by atoms with E-state index in [4.69, 9.17) is 0 Å². The van der Waals surface area contributed by atoms with Crippen molar-refractivity contribution in [1.82, 2.24) is 30.5 Å². The first-order valence-electron chi connectivity index (χ1n) is 10.9. The Hall–Kier alpha value is -3.82. The summed E-state index contributed by atoms with van der Waals surface area (Å²) in [5.41, 5.74) is 4.61. The van der Waals surface area contributed by atoms with Crippen LogP contribution in [0.1, 0.15) is 11.1 Å². The van der Waals surface area contributed by atoms with E-state index < -0.39 is 17.2 Å². The van der Waals surface area contributed by atoms with Gasteiger partial charge in [-0.1, -0.05) is 42.5 Å². The summed E-state index contributed by atoms with van der Waals surface area (Å²) >= 11 is 0. The van der Waals surface area contributed by atoms with Crippen LogP contribution in [0.25, 0.3) is 0 Å². The van der Waals surface area contributed by atoms with Gasteiger partial charge in [0, 0.05) is 30.1 Å². The Labute approximate surface area is 195 Å². The molecule has 1 aliphatic carbocycles. The largest absolute Gasteiger partial charge is 0.382 e. The molecule has 0 fully saturated rings. The molecular weight excluding hydrogens is 438 g/mol. The molecule has 3 aromatic rings. The zero-order chi connectivity index (χ0) is 23.5. The number of allylic oxidation sites excluding steroid dienone is 1. The third-order valence-corrected chi connectivity index (χ3v) is 5.95. The molecule has 5 rings (SSSR count). The minimum Gasteiger partial charge on any atom is -0.382 e. The highest BCUT2D eigenvalue weighted by Crippen LogP contribution is 2.31. The van der Waals surface area contributed by atoms with Crippen molar-refractivity contribution in [3.05, 3.63) is 120 Å². The number of rotatable bonds is 8. The number of aromatic nitrogens is 3. The highest BCUT2D eigenvalue weighted by Gasteiger charge is 2.39. The molecule has 0 saturated heterocycles. The molecule has 7 nitrogen and oxygen atoms in total. The Morgan fingerprint density at radius 1 is 1.12 bits per heavy atom. The molecule has 2 heterocycles. The molecule has 0 amide bonds. The molecule has 2 aliphatic rings. The van der Waals surface area contributed by atoms with Crippen molar-refractivity contribution in [3.8, 4) is 0 Å². The SMILES string of the molecule is OC(CN1NC=C2C=C(NCc3ccccc3)C=CC21)(Cn1cncn1)c1ccc(F)cc1F. The predicted molar refractivity (Wildman–Crippen MR) is 122 cm³/mol. The number of nitrogens with one attached hydrogen (secondary N) is 2. The molecule has 3 N–H and O–H groups in total. The smallest absolute Gasteiger partial charge is 0.137 e. The summed E-state index contributed by atoms with van der Waals surface area (Å²) in [7, 11) is 0. The summed E-state index contributed by atoms with van der Waals surface area (Å²) < 4.78 is 29.7. The van der Waals surface area contributed by atoms with E-state index in [0.29, 0.717) is 6.54 Å². The van der Waals surface area contributed by atoms with Gasteiger partial charge in [-0.2, -0.15) is 5.10 Å². The second-order valence-corrected chi connectivity index (χ2v) is 8.39. The fourth-order valence-electron chi connectivity index (χ4n) is 4.27. The summed E-state index contributed by atoms with van der Waals surface area (Å²) in [5, 5.41) is 20.9. The second-order valence-electron chi connectivity index (χ2n) is 8.39. The zero-order valence-corrected chi connectivity index (χ0v) is 18.3. The van der Waals surface area contributed by atoms with Crippen molar-refractivity contribution < 1.29 is 13.9 Å². The van der Waals surface area contributed by atoms with Crippen LogP contribution in [0.4, 0.5) is 8.78 Å². The van der Waals surface area contributed by atoms with Gasteiger partial charge in [0.1, 0.15) is 29.9 Å². The van der Waals surface area contributed by atoms with Gasteiger partial charge in [0.15, 0.2) is 0 Å². The Balaban J connectivity index is 1.32. The molecule has 0 bridgehead atoms. The van der Waals surface area contributed by atoms with E-state index in [0.717, 1.165) is 23.4 Å². The first kappa shape index (κ1) is 22.0. The highest BCUT2D eigenvalue weighted by molar-refractivity contribution is 5.43. The van der Waals surface area contributed by atoms with Crippen molar-refractivity contribution in [2.24, 2.45) is 0 Å². The van der Waals surface area contributed by atoms with Crippen LogP contribution in [0.15, 0.2) is 96.9 Å². The van der Waals surface area contributed by atoms with Crippen molar-refractivity contribution in [1.29, 1.82) is 0 Å². The van der Waals surface area contributed by atoms with Crippen LogP contribution in [0.5, 0.6) is 0 Å².